The van der Waals surface area contributed by atoms with Gasteiger partial charge in [-0.05, 0) is 33.1 Å². The average Bonchev–Trinajstić information content (AvgIpc) is 2.71. The zero-order chi connectivity index (χ0) is 15.8. The van der Waals surface area contributed by atoms with Crippen molar-refractivity contribution in [3.8, 4) is 0 Å². The van der Waals surface area contributed by atoms with Gasteiger partial charge in [0, 0.05) is 25.8 Å². The van der Waals surface area contributed by atoms with Crippen LogP contribution in [0.2, 0.25) is 0 Å². The molecule has 0 atom stereocenters. The van der Waals surface area contributed by atoms with E-state index in [-0.39, 0.29) is 5.91 Å². The number of amides is 1. The zero-order valence-electron chi connectivity index (χ0n) is 13.1. The minimum atomic E-state index is -0.745. The molecule has 0 aromatic carbocycles. The van der Waals surface area contributed by atoms with E-state index in [9.17, 15) is 14.7 Å². The maximum Gasteiger partial charge on any atom is 0.309 e. The molecular weight excluding hydrogens is 270 g/mol. The number of likely N-dealkylation sites (tertiary alicyclic amines) is 1. The molecule has 0 bridgehead atoms. The number of aliphatic carboxylic acids is 1. The summed E-state index contributed by atoms with van der Waals surface area (Å²) in [5, 5.41) is 13.7. The van der Waals surface area contributed by atoms with Crippen molar-refractivity contribution in [1.29, 1.82) is 0 Å². The number of carboxylic acids is 1. The second kappa shape index (κ2) is 5.50. The van der Waals surface area contributed by atoms with Gasteiger partial charge in [0.2, 0.25) is 0 Å². The molecule has 0 unspecified atom stereocenters. The van der Waals surface area contributed by atoms with Gasteiger partial charge in [0.15, 0.2) is 0 Å². The Labute approximate surface area is 124 Å². The number of piperidine rings is 1. The summed E-state index contributed by atoms with van der Waals surface area (Å²) in [6, 6.07) is 0. The molecule has 116 valence electrons. The quantitative estimate of drug-likeness (QED) is 0.921. The Hall–Kier alpha value is -1.85. The van der Waals surface area contributed by atoms with Crippen LogP contribution in [0.4, 0.5) is 0 Å². The van der Waals surface area contributed by atoms with Gasteiger partial charge in [0.1, 0.15) is 0 Å². The molecule has 0 saturated carbocycles. The predicted molar refractivity (Wildman–Crippen MR) is 78.2 cm³/mol. The Kier molecular flexibility index (Phi) is 4.07. The van der Waals surface area contributed by atoms with Crippen LogP contribution in [0, 0.1) is 19.3 Å². The first-order chi connectivity index (χ1) is 9.82. The lowest BCUT2D eigenvalue weighted by Crippen LogP contribution is -2.46. The van der Waals surface area contributed by atoms with E-state index in [2.05, 4.69) is 5.10 Å². The van der Waals surface area contributed by atoms with Crippen LogP contribution in [0.25, 0.3) is 0 Å². The van der Waals surface area contributed by atoms with Crippen LogP contribution in [0.3, 0.4) is 0 Å². The Morgan fingerprint density at radius 3 is 2.24 bits per heavy atom. The van der Waals surface area contributed by atoms with Gasteiger partial charge in [-0.15, -0.1) is 0 Å². The van der Waals surface area contributed by atoms with Crippen LogP contribution in [-0.2, 0) is 11.8 Å². The molecule has 2 heterocycles. The van der Waals surface area contributed by atoms with Crippen molar-refractivity contribution in [3.05, 3.63) is 17.0 Å². The second-order valence-electron chi connectivity index (χ2n) is 5.90. The highest BCUT2D eigenvalue weighted by Gasteiger charge is 2.41. The van der Waals surface area contributed by atoms with Gasteiger partial charge in [-0.25, -0.2) is 0 Å². The molecule has 1 aliphatic heterocycles. The summed E-state index contributed by atoms with van der Waals surface area (Å²) < 4.78 is 1.71. The van der Waals surface area contributed by atoms with Crippen LogP contribution in [0.1, 0.15) is 47.9 Å². The van der Waals surface area contributed by atoms with Crippen molar-refractivity contribution in [3.63, 3.8) is 0 Å². The second-order valence-corrected chi connectivity index (χ2v) is 5.90. The van der Waals surface area contributed by atoms with Gasteiger partial charge in [0.25, 0.3) is 5.91 Å². The fraction of sp³-hybridized carbons (Fsp3) is 0.667. The highest BCUT2D eigenvalue weighted by molar-refractivity contribution is 5.96. The number of carbonyl (C=O) groups excluding carboxylic acids is 1. The number of carboxylic acid groups (broad SMARTS) is 1. The summed E-state index contributed by atoms with van der Waals surface area (Å²) in [7, 11) is 1.82. The maximum absolute atomic E-state index is 12.6. The van der Waals surface area contributed by atoms with Crippen molar-refractivity contribution >= 4 is 11.9 Å². The van der Waals surface area contributed by atoms with Crippen LogP contribution < -0.4 is 0 Å². The minimum Gasteiger partial charge on any atom is -0.481 e. The van der Waals surface area contributed by atoms with Gasteiger partial charge in [-0.1, -0.05) is 6.92 Å². The third-order valence-electron chi connectivity index (χ3n) is 4.86. The summed E-state index contributed by atoms with van der Waals surface area (Å²) in [5.74, 6) is -0.779. The van der Waals surface area contributed by atoms with Gasteiger partial charge in [-0.2, -0.15) is 5.10 Å². The molecule has 1 N–H and O–H groups in total. The van der Waals surface area contributed by atoms with Crippen LogP contribution in [-0.4, -0.2) is 44.8 Å². The normalized spacial score (nSPS) is 17.8. The topological polar surface area (TPSA) is 75.4 Å². The molecule has 1 saturated heterocycles. The molecule has 2 rings (SSSR count). The summed E-state index contributed by atoms with van der Waals surface area (Å²) in [6.07, 6.45) is 1.64. The lowest BCUT2D eigenvalue weighted by atomic mass is 9.76. The fourth-order valence-electron chi connectivity index (χ4n) is 3.10. The molecule has 0 spiro atoms. The first-order valence-electron chi connectivity index (χ1n) is 7.35. The third kappa shape index (κ3) is 2.54. The van der Waals surface area contributed by atoms with E-state index in [1.807, 2.05) is 27.8 Å². The van der Waals surface area contributed by atoms with E-state index in [0.29, 0.717) is 37.9 Å². The van der Waals surface area contributed by atoms with Crippen LogP contribution in [0.5, 0.6) is 0 Å². The highest BCUT2D eigenvalue weighted by atomic mass is 16.4. The molecule has 1 aromatic rings. The van der Waals surface area contributed by atoms with E-state index in [1.54, 1.807) is 9.58 Å². The molecule has 1 aromatic heterocycles. The smallest absolute Gasteiger partial charge is 0.309 e. The molecule has 6 nitrogen and oxygen atoms in total. The Morgan fingerprint density at radius 1 is 1.29 bits per heavy atom. The summed E-state index contributed by atoms with van der Waals surface area (Å²) in [6.45, 7) is 6.60. The molecular formula is C15H23N3O3. The van der Waals surface area contributed by atoms with Crippen molar-refractivity contribution in [2.45, 2.75) is 40.0 Å². The molecule has 1 fully saturated rings. The van der Waals surface area contributed by atoms with Crippen LogP contribution >= 0.6 is 0 Å². The summed E-state index contributed by atoms with van der Waals surface area (Å²) in [4.78, 5) is 25.9. The monoisotopic (exact) mass is 293 g/mol. The molecule has 0 radical (unpaired) electrons. The molecule has 1 amide bonds. The maximum atomic E-state index is 12.6. The number of hydrogen-bond acceptors (Lipinski definition) is 3. The van der Waals surface area contributed by atoms with E-state index < -0.39 is 11.4 Å². The van der Waals surface area contributed by atoms with Gasteiger partial charge in [-0.3, -0.25) is 14.3 Å². The van der Waals surface area contributed by atoms with Crippen molar-refractivity contribution in [1.82, 2.24) is 14.7 Å². The third-order valence-corrected chi connectivity index (χ3v) is 4.86. The number of nitrogens with zero attached hydrogens (tertiary/aromatic N) is 3. The Bertz CT molecular complexity index is 569. The fourth-order valence-corrected chi connectivity index (χ4v) is 3.10. The number of carbonyl (C=O) groups is 2. The lowest BCUT2D eigenvalue weighted by molar-refractivity contribution is -0.152. The first-order valence-corrected chi connectivity index (χ1v) is 7.35. The molecule has 1 aliphatic rings. The number of rotatable bonds is 3. The lowest BCUT2D eigenvalue weighted by Gasteiger charge is -2.38. The highest BCUT2D eigenvalue weighted by Crippen LogP contribution is 2.35. The minimum absolute atomic E-state index is 0.0341. The van der Waals surface area contributed by atoms with Gasteiger partial charge in [0.05, 0.1) is 16.7 Å². The molecule has 6 heteroatoms. The van der Waals surface area contributed by atoms with E-state index in [1.165, 1.54) is 0 Å². The van der Waals surface area contributed by atoms with Gasteiger partial charge < -0.3 is 10.0 Å². The van der Waals surface area contributed by atoms with E-state index in [0.717, 1.165) is 11.4 Å². The first kappa shape index (κ1) is 15.5. The average molecular weight is 293 g/mol. The standard InChI is InChI=1S/C15H23N3O3/c1-5-15(14(20)21)6-8-18(9-7-15)13(19)12-10(2)16-17(4)11(12)3/h5-9H2,1-4H3,(H,20,21). The SMILES string of the molecule is CCC1(C(=O)O)CCN(C(=O)c2c(C)nn(C)c2C)CC1. The number of aromatic nitrogens is 2. The number of hydrogen-bond donors (Lipinski definition) is 1. The Morgan fingerprint density at radius 2 is 1.86 bits per heavy atom. The van der Waals surface area contributed by atoms with E-state index in [4.69, 9.17) is 0 Å². The van der Waals surface area contributed by atoms with Crippen molar-refractivity contribution in [2.75, 3.05) is 13.1 Å². The van der Waals surface area contributed by atoms with Crippen molar-refractivity contribution < 1.29 is 14.7 Å². The molecule has 0 aliphatic carbocycles. The van der Waals surface area contributed by atoms with E-state index >= 15 is 0 Å². The molecule has 21 heavy (non-hydrogen) atoms. The van der Waals surface area contributed by atoms with Crippen molar-refractivity contribution in [2.24, 2.45) is 12.5 Å². The van der Waals surface area contributed by atoms with Crippen LogP contribution in [0.15, 0.2) is 0 Å². The predicted octanol–water partition coefficient (Wildman–Crippen LogP) is 1.75. The summed E-state index contributed by atoms with van der Waals surface area (Å²) >= 11 is 0. The number of aryl methyl sites for hydroxylation is 2. The zero-order valence-corrected chi connectivity index (χ0v) is 13.1. The largest absolute Gasteiger partial charge is 0.481 e. The van der Waals surface area contributed by atoms with Gasteiger partial charge >= 0.3 is 5.97 Å². The summed E-state index contributed by atoms with van der Waals surface area (Å²) in [5.41, 5.74) is 1.56. The Balaban J connectivity index is 2.16.